The van der Waals surface area contributed by atoms with E-state index in [2.05, 4.69) is 6.58 Å². The monoisotopic (exact) mass is 240 g/mol. The summed E-state index contributed by atoms with van der Waals surface area (Å²) in [7, 11) is 0. The summed E-state index contributed by atoms with van der Waals surface area (Å²) in [4.78, 5) is 22.6. The maximum Gasteiger partial charge on any atom is 0.338 e. The number of ether oxygens (including phenoxy) is 2. The van der Waals surface area contributed by atoms with E-state index in [0.29, 0.717) is 6.42 Å². The Labute approximate surface area is 99.4 Å². The molecule has 1 N–H and O–H groups in total. The second-order valence-electron chi connectivity index (χ2n) is 4.74. The third-order valence-electron chi connectivity index (χ3n) is 3.38. The van der Waals surface area contributed by atoms with E-state index in [9.17, 15) is 14.7 Å². The molecule has 0 aromatic rings. The van der Waals surface area contributed by atoms with Crippen molar-refractivity contribution in [1.82, 2.24) is 0 Å². The molecule has 1 aliphatic carbocycles. The van der Waals surface area contributed by atoms with Crippen LogP contribution in [0.25, 0.3) is 0 Å². The van der Waals surface area contributed by atoms with Gasteiger partial charge in [0.15, 0.2) is 5.60 Å². The van der Waals surface area contributed by atoms with E-state index in [-0.39, 0.29) is 18.8 Å². The Morgan fingerprint density at radius 3 is 3.00 bits per heavy atom. The highest BCUT2D eigenvalue weighted by Crippen LogP contribution is 2.43. The maximum absolute atomic E-state index is 11.5. The van der Waals surface area contributed by atoms with Crippen molar-refractivity contribution in [3.8, 4) is 0 Å². The lowest BCUT2D eigenvalue weighted by Crippen LogP contribution is -2.47. The average molecular weight is 240 g/mol. The minimum absolute atomic E-state index is 0.119. The molecule has 94 valence electrons. The Hall–Kier alpha value is -1.36. The molecule has 0 aromatic heterocycles. The smallest absolute Gasteiger partial charge is 0.338 e. The molecule has 2 bridgehead atoms. The van der Waals surface area contributed by atoms with Crippen LogP contribution in [0.1, 0.15) is 26.2 Å². The van der Waals surface area contributed by atoms with Gasteiger partial charge < -0.3 is 14.6 Å². The van der Waals surface area contributed by atoms with E-state index in [1.165, 1.54) is 6.92 Å². The van der Waals surface area contributed by atoms with Crippen LogP contribution >= 0.6 is 0 Å². The molecule has 1 saturated carbocycles. The van der Waals surface area contributed by atoms with E-state index < -0.39 is 29.7 Å². The molecule has 0 amide bonds. The van der Waals surface area contributed by atoms with Gasteiger partial charge in [-0.15, -0.1) is 6.58 Å². The lowest BCUT2D eigenvalue weighted by atomic mass is 9.75. The Morgan fingerprint density at radius 2 is 2.41 bits per heavy atom. The summed E-state index contributed by atoms with van der Waals surface area (Å²) in [5.74, 6) is -1.13. The molecule has 4 atom stereocenters. The van der Waals surface area contributed by atoms with Gasteiger partial charge in [0.25, 0.3) is 0 Å². The zero-order valence-electron chi connectivity index (χ0n) is 9.72. The zero-order valence-corrected chi connectivity index (χ0v) is 9.72. The summed E-state index contributed by atoms with van der Waals surface area (Å²) in [5.41, 5.74) is -1.41. The van der Waals surface area contributed by atoms with E-state index in [4.69, 9.17) is 9.47 Å². The van der Waals surface area contributed by atoms with Crippen LogP contribution in [0.3, 0.4) is 0 Å². The molecule has 1 aliphatic heterocycles. The summed E-state index contributed by atoms with van der Waals surface area (Å²) in [6.45, 7) is 4.95. The largest absolute Gasteiger partial charge is 0.458 e. The molecule has 0 radical (unpaired) electrons. The van der Waals surface area contributed by atoms with Crippen molar-refractivity contribution in [2.75, 3.05) is 0 Å². The number of esters is 2. The molecule has 2 aliphatic rings. The van der Waals surface area contributed by atoms with Crippen LogP contribution in [-0.2, 0) is 19.1 Å². The number of carbonyl (C=O) groups is 2. The van der Waals surface area contributed by atoms with Crippen molar-refractivity contribution >= 4 is 11.9 Å². The normalized spacial score (nSPS) is 39.6. The molecular weight excluding hydrogens is 224 g/mol. The first-order chi connectivity index (χ1) is 7.96. The number of hydrogen-bond donors (Lipinski definition) is 1. The fourth-order valence-electron chi connectivity index (χ4n) is 2.70. The number of aliphatic hydroxyl groups is 1. The lowest BCUT2D eigenvalue weighted by molar-refractivity contribution is -0.162. The highest BCUT2D eigenvalue weighted by atomic mass is 16.6. The number of hydrogen-bond acceptors (Lipinski definition) is 5. The number of allylic oxidation sites excluding steroid dienone is 1. The molecule has 17 heavy (non-hydrogen) atoms. The standard InChI is InChI=1S/C12H16O5/c1-3-4-8-5-12(15)6-9(17-11(12)14)10(8)16-7(2)13/h3,8-10,15H,1,4-6H2,2H3/t8-,9+,10+,12-/m0/s1. The highest BCUT2D eigenvalue weighted by Gasteiger charge is 2.58. The van der Waals surface area contributed by atoms with Gasteiger partial charge in [0.2, 0.25) is 0 Å². The third-order valence-corrected chi connectivity index (χ3v) is 3.38. The molecule has 1 heterocycles. The van der Waals surface area contributed by atoms with Gasteiger partial charge in [-0.25, -0.2) is 4.79 Å². The zero-order chi connectivity index (χ0) is 12.6. The number of rotatable bonds is 3. The maximum atomic E-state index is 11.5. The summed E-state index contributed by atoms with van der Waals surface area (Å²) >= 11 is 0. The fraction of sp³-hybridized carbons (Fsp3) is 0.667. The van der Waals surface area contributed by atoms with Crippen molar-refractivity contribution in [1.29, 1.82) is 0 Å². The molecule has 5 nitrogen and oxygen atoms in total. The second kappa shape index (κ2) is 4.14. The van der Waals surface area contributed by atoms with Crippen molar-refractivity contribution in [2.45, 2.75) is 44.0 Å². The van der Waals surface area contributed by atoms with E-state index in [1.54, 1.807) is 6.08 Å². The predicted molar refractivity (Wildman–Crippen MR) is 57.9 cm³/mol. The lowest BCUT2D eigenvalue weighted by Gasteiger charge is -2.35. The van der Waals surface area contributed by atoms with Gasteiger partial charge in [-0.3, -0.25) is 4.79 Å². The van der Waals surface area contributed by atoms with Gasteiger partial charge in [0, 0.05) is 19.3 Å². The van der Waals surface area contributed by atoms with Crippen molar-refractivity contribution in [3.05, 3.63) is 12.7 Å². The van der Waals surface area contributed by atoms with Crippen molar-refractivity contribution in [2.24, 2.45) is 5.92 Å². The Kier molecular flexibility index (Phi) is 2.95. The molecule has 5 heteroatoms. The number of carbonyl (C=O) groups excluding carboxylic acids is 2. The topological polar surface area (TPSA) is 72.8 Å². The van der Waals surface area contributed by atoms with Crippen LogP contribution in [0.2, 0.25) is 0 Å². The van der Waals surface area contributed by atoms with Crippen molar-refractivity contribution in [3.63, 3.8) is 0 Å². The first-order valence-corrected chi connectivity index (χ1v) is 5.68. The van der Waals surface area contributed by atoms with E-state index >= 15 is 0 Å². The van der Waals surface area contributed by atoms with Gasteiger partial charge in [-0.2, -0.15) is 0 Å². The van der Waals surface area contributed by atoms with Crippen LogP contribution in [0.15, 0.2) is 12.7 Å². The quantitative estimate of drug-likeness (QED) is 0.576. The minimum atomic E-state index is -1.41. The Bertz CT molecular complexity index is 364. The van der Waals surface area contributed by atoms with E-state index in [1.807, 2.05) is 0 Å². The van der Waals surface area contributed by atoms with Crippen LogP contribution in [0.5, 0.6) is 0 Å². The minimum Gasteiger partial charge on any atom is -0.458 e. The first-order valence-electron chi connectivity index (χ1n) is 5.68. The van der Waals surface area contributed by atoms with Crippen LogP contribution in [0, 0.1) is 5.92 Å². The summed E-state index contributed by atoms with van der Waals surface area (Å²) in [6, 6.07) is 0. The average Bonchev–Trinajstić information content (AvgIpc) is 2.46. The Balaban J connectivity index is 2.21. The molecule has 2 rings (SSSR count). The molecule has 2 fully saturated rings. The van der Waals surface area contributed by atoms with Gasteiger partial charge >= 0.3 is 11.9 Å². The van der Waals surface area contributed by atoms with Crippen LogP contribution in [-0.4, -0.2) is 34.9 Å². The molecule has 1 saturated heterocycles. The predicted octanol–water partition coefficient (Wildman–Crippen LogP) is 0.561. The van der Waals surface area contributed by atoms with Gasteiger partial charge in [0.1, 0.15) is 12.2 Å². The first kappa shape index (κ1) is 12.1. The second-order valence-corrected chi connectivity index (χ2v) is 4.74. The molecule has 0 aromatic carbocycles. The van der Waals surface area contributed by atoms with Crippen LogP contribution < -0.4 is 0 Å². The highest BCUT2D eigenvalue weighted by molar-refractivity contribution is 5.82. The third kappa shape index (κ3) is 2.07. The summed E-state index contributed by atoms with van der Waals surface area (Å²) in [6.07, 6.45) is 1.73. The van der Waals surface area contributed by atoms with Gasteiger partial charge in [0.05, 0.1) is 0 Å². The SMILES string of the molecule is C=CC[C@H]1C[C@]2(O)C[C@@H](OC2=O)[C@@H]1OC(C)=O. The van der Waals surface area contributed by atoms with Gasteiger partial charge in [-0.1, -0.05) is 6.08 Å². The van der Waals surface area contributed by atoms with Crippen LogP contribution in [0.4, 0.5) is 0 Å². The summed E-state index contributed by atoms with van der Waals surface area (Å²) in [5, 5.41) is 10.1. The molecular formula is C12H16O5. The Morgan fingerprint density at radius 1 is 1.71 bits per heavy atom. The summed E-state index contributed by atoms with van der Waals surface area (Å²) < 4.78 is 10.3. The molecule has 0 spiro atoms. The number of fused-ring (bicyclic) bond motifs is 2. The molecule has 0 unspecified atom stereocenters. The van der Waals surface area contributed by atoms with Crippen molar-refractivity contribution < 1.29 is 24.2 Å². The van der Waals surface area contributed by atoms with E-state index in [0.717, 1.165) is 0 Å². The van der Waals surface area contributed by atoms with Gasteiger partial charge in [-0.05, 0) is 12.8 Å². The fourth-order valence-corrected chi connectivity index (χ4v) is 2.70.